The average molecular weight is 426 g/mol. The predicted molar refractivity (Wildman–Crippen MR) is 124 cm³/mol. The zero-order valence-corrected chi connectivity index (χ0v) is 19.2. The summed E-state index contributed by atoms with van der Waals surface area (Å²) >= 11 is 0. The molecule has 0 radical (unpaired) electrons. The van der Waals surface area contributed by atoms with Gasteiger partial charge in [-0.25, -0.2) is 0 Å². The van der Waals surface area contributed by atoms with Crippen molar-refractivity contribution in [3.05, 3.63) is 35.9 Å². The maximum Gasteiger partial charge on any atom is 0.240 e. The van der Waals surface area contributed by atoms with Crippen LogP contribution < -0.4 is 0 Å². The molecule has 5 nitrogen and oxygen atoms in total. The molecule has 1 aliphatic carbocycles. The molecule has 1 saturated carbocycles. The fourth-order valence-corrected chi connectivity index (χ4v) is 5.65. The van der Waals surface area contributed by atoms with Gasteiger partial charge in [0.1, 0.15) is 0 Å². The van der Waals surface area contributed by atoms with Gasteiger partial charge in [0.25, 0.3) is 0 Å². The zero-order valence-electron chi connectivity index (χ0n) is 19.2. The van der Waals surface area contributed by atoms with Crippen LogP contribution in [0.5, 0.6) is 0 Å². The maximum atomic E-state index is 13.6. The molecular formula is C26H39N3O2. The monoisotopic (exact) mass is 425 g/mol. The van der Waals surface area contributed by atoms with E-state index in [2.05, 4.69) is 28.9 Å². The first kappa shape index (κ1) is 22.3. The van der Waals surface area contributed by atoms with Crippen LogP contribution in [0, 0.1) is 11.8 Å². The Hall–Kier alpha value is -1.88. The van der Waals surface area contributed by atoms with Gasteiger partial charge < -0.3 is 9.80 Å². The number of hydrogen-bond donors (Lipinski definition) is 0. The number of hydrogen-bond acceptors (Lipinski definition) is 3. The zero-order chi connectivity index (χ0) is 21.6. The lowest BCUT2D eigenvalue weighted by Gasteiger charge is -2.43. The van der Waals surface area contributed by atoms with E-state index in [0.29, 0.717) is 18.2 Å². The van der Waals surface area contributed by atoms with E-state index in [1.54, 1.807) is 0 Å². The minimum Gasteiger partial charge on any atom is -0.341 e. The van der Waals surface area contributed by atoms with Crippen molar-refractivity contribution in [2.75, 3.05) is 39.3 Å². The molecule has 3 fully saturated rings. The molecule has 0 N–H and O–H groups in total. The summed E-state index contributed by atoms with van der Waals surface area (Å²) in [6.45, 7) is 7.29. The van der Waals surface area contributed by atoms with E-state index in [1.165, 1.54) is 31.2 Å². The van der Waals surface area contributed by atoms with Gasteiger partial charge in [-0.2, -0.15) is 0 Å². The summed E-state index contributed by atoms with van der Waals surface area (Å²) < 4.78 is 0. The van der Waals surface area contributed by atoms with E-state index in [9.17, 15) is 9.59 Å². The van der Waals surface area contributed by atoms with Gasteiger partial charge in [-0.05, 0) is 49.5 Å². The van der Waals surface area contributed by atoms with E-state index in [0.717, 1.165) is 64.4 Å². The van der Waals surface area contributed by atoms with E-state index in [-0.39, 0.29) is 11.9 Å². The lowest BCUT2D eigenvalue weighted by molar-refractivity contribution is -0.142. The van der Waals surface area contributed by atoms with Crippen LogP contribution in [0.25, 0.3) is 0 Å². The van der Waals surface area contributed by atoms with Gasteiger partial charge in [0.2, 0.25) is 11.8 Å². The molecule has 0 spiro atoms. The van der Waals surface area contributed by atoms with Crippen molar-refractivity contribution in [2.24, 2.45) is 11.8 Å². The Morgan fingerprint density at radius 1 is 0.871 bits per heavy atom. The minimum absolute atomic E-state index is 0.0254. The third-order valence-corrected chi connectivity index (χ3v) is 7.73. The van der Waals surface area contributed by atoms with Crippen LogP contribution in [-0.4, -0.2) is 71.8 Å². The number of likely N-dealkylation sites (tertiary alicyclic amines) is 1. The molecule has 0 bridgehead atoms. The number of nitrogens with zero attached hydrogens (tertiary/aromatic N) is 3. The molecule has 4 rings (SSSR count). The largest absolute Gasteiger partial charge is 0.341 e. The van der Waals surface area contributed by atoms with E-state index in [1.807, 2.05) is 23.1 Å². The predicted octanol–water partition coefficient (Wildman–Crippen LogP) is 3.58. The van der Waals surface area contributed by atoms with Crippen molar-refractivity contribution in [1.29, 1.82) is 0 Å². The lowest BCUT2D eigenvalue weighted by Crippen LogP contribution is -2.59. The first-order valence-corrected chi connectivity index (χ1v) is 12.5. The van der Waals surface area contributed by atoms with Gasteiger partial charge in [0.05, 0.1) is 6.04 Å². The molecule has 3 aliphatic rings. The molecule has 2 aliphatic heterocycles. The van der Waals surface area contributed by atoms with Crippen LogP contribution in [0.3, 0.4) is 0 Å². The van der Waals surface area contributed by atoms with Crippen molar-refractivity contribution in [1.82, 2.24) is 14.7 Å². The Kier molecular flexibility index (Phi) is 7.65. The molecule has 0 unspecified atom stereocenters. The number of carbonyl (C=O) groups is 2. The molecule has 5 heteroatoms. The van der Waals surface area contributed by atoms with Gasteiger partial charge in [0.15, 0.2) is 0 Å². The molecule has 2 heterocycles. The van der Waals surface area contributed by atoms with Crippen LogP contribution in [0.15, 0.2) is 30.3 Å². The molecule has 0 aromatic heterocycles. The number of rotatable bonds is 6. The topological polar surface area (TPSA) is 43.9 Å². The van der Waals surface area contributed by atoms with Crippen LogP contribution in [0.2, 0.25) is 0 Å². The van der Waals surface area contributed by atoms with Gasteiger partial charge in [-0.15, -0.1) is 0 Å². The fraction of sp³-hybridized carbons (Fsp3) is 0.692. The molecule has 170 valence electrons. The van der Waals surface area contributed by atoms with Crippen molar-refractivity contribution in [3.63, 3.8) is 0 Å². The highest BCUT2D eigenvalue weighted by atomic mass is 16.2. The maximum absolute atomic E-state index is 13.6. The van der Waals surface area contributed by atoms with Crippen molar-refractivity contribution in [2.45, 2.75) is 64.3 Å². The smallest absolute Gasteiger partial charge is 0.240 e. The van der Waals surface area contributed by atoms with Crippen LogP contribution in [0.4, 0.5) is 0 Å². The lowest BCUT2D eigenvalue weighted by atomic mass is 9.92. The number of aryl methyl sites for hydroxylation is 1. The van der Waals surface area contributed by atoms with Gasteiger partial charge in [-0.1, -0.05) is 50.1 Å². The summed E-state index contributed by atoms with van der Waals surface area (Å²) in [6.07, 6.45) is 8.50. The summed E-state index contributed by atoms with van der Waals surface area (Å²) in [6, 6.07) is 10.3. The number of piperazine rings is 1. The van der Waals surface area contributed by atoms with Crippen molar-refractivity contribution in [3.8, 4) is 0 Å². The van der Waals surface area contributed by atoms with Crippen LogP contribution in [0.1, 0.15) is 57.4 Å². The van der Waals surface area contributed by atoms with Crippen molar-refractivity contribution >= 4 is 11.8 Å². The number of benzene rings is 1. The third-order valence-electron chi connectivity index (χ3n) is 7.73. The Labute approximate surface area is 187 Å². The summed E-state index contributed by atoms with van der Waals surface area (Å²) in [5.41, 5.74) is 1.22. The normalized spacial score (nSPS) is 22.6. The Balaban J connectivity index is 1.32. The Morgan fingerprint density at radius 3 is 2.16 bits per heavy atom. The molecule has 31 heavy (non-hydrogen) atoms. The summed E-state index contributed by atoms with van der Waals surface area (Å²) in [4.78, 5) is 32.9. The highest BCUT2D eigenvalue weighted by Gasteiger charge is 2.39. The second-order valence-corrected chi connectivity index (χ2v) is 9.90. The Bertz CT molecular complexity index is 715. The summed E-state index contributed by atoms with van der Waals surface area (Å²) in [5.74, 6) is 1.84. The second-order valence-electron chi connectivity index (χ2n) is 9.90. The standard InChI is InChI=1S/C26H39N3O2/c1-21-13-15-29(16-14-21)26(31)25(23-9-5-6-10-23)28-19-17-27(18-20-28)24(30)12-11-22-7-3-2-4-8-22/h2-4,7-8,21,23,25H,5-6,9-20H2,1H3/t25-/m1/s1. The molecule has 1 atom stereocenters. The third kappa shape index (κ3) is 5.68. The van der Waals surface area contributed by atoms with Gasteiger partial charge in [0, 0.05) is 45.7 Å². The SMILES string of the molecule is CC1CCN(C(=O)[C@@H](C2CCCC2)N2CCN(C(=O)CCc3ccccc3)CC2)CC1. The highest BCUT2D eigenvalue weighted by molar-refractivity contribution is 5.82. The molecule has 2 amide bonds. The second kappa shape index (κ2) is 10.6. The van der Waals surface area contributed by atoms with E-state index in [4.69, 9.17) is 0 Å². The number of piperidine rings is 1. The minimum atomic E-state index is 0.0254. The highest BCUT2D eigenvalue weighted by Crippen LogP contribution is 2.32. The van der Waals surface area contributed by atoms with Crippen LogP contribution in [-0.2, 0) is 16.0 Å². The summed E-state index contributed by atoms with van der Waals surface area (Å²) in [5, 5.41) is 0. The quantitative estimate of drug-likeness (QED) is 0.700. The van der Waals surface area contributed by atoms with E-state index >= 15 is 0 Å². The van der Waals surface area contributed by atoms with E-state index < -0.39 is 0 Å². The first-order valence-electron chi connectivity index (χ1n) is 12.5. The van der Waals surface area contributed by atoms with Gasteiger partial charge >= 0.3 is 0 Å². The first-order chi connectivity index (χ1) is 15.1. The molecule has 1 aromatic rings. The number of amides is 2. The van der Waals surface area contributed by atoms with Crippen LogP contribution >= 0.6 is 0 Å². The van der Waals surface area contributed by atoms with Gasteiger partial charge in [-0.3, -0.25) is 14.5 Å². The molecule has 2 saturated heterocycles. The average Bonchev–Trinajstić information content (AvgIpc) is 3.33. The Morgan fingerprint density at radius 2 is 1.52 bits per heavy atom. The summed E-state index contributed by atoms with van der Waals surface area (Å²) in [7, 11) is 0. The fourth-order valence-electron chi connectivity index (χ4n) is 5.65. The van der Waals surface area contributed by atoms with Crippen molar-refractivity contribution < 1.29 is 9.59 Å². The molecular weight excluding hydrogens is 386 g/mol. The molecule has 1 aromatic carbocycles. The number of carbonyl (C=O) groups excluding carboxylic acids is 2.